The van der Waals surface area contributed by atoms with E-state index in [1.165, 1.54) is 0 Å². The number of aromatic nitrogens is 1. The molecular weight excluding hydrogens is 370 g/mol. The molecule has 0 spiro atoms. The van der Waals surface area contributed by atoms with Crippen molar-refractivity contribution in [2.24, 2.45) is 0 Å². The molecule has 7 heteroatoms. The number of anilines is 2. The van der Waals surface area contributed by atoms with Crippen LogP contribution in [0.2, 0.25) is 0 Å². The Labute approximate surface area is 168 Å². The summed E-state index contributed by atoms with van der Waals surface area (Å²) in [7, 11) is 0. The van der Waals surface area contributed by atoms with Gasteiger partial charge in [0.1, 0.15) is 12.4 Å². The van der Waals surface area contributed by atoms with Crippen molar-refractivity contribution < 1.29 is 18.7 Å². The number of carbonyl (C=O) groups excluding carboxylic acids is 2. The third-order valence-corrected chi connectivity index (χ3v) is 4.71. The van der Waals surface area contributed by atoms with Crippen molar-refractivity contribution in [3.8, 4) is 11.5 Å². The molecule has 1 saturated heterocycles. The molecule has 1 N–H and O–H groups in total. The number of hydrogen-bond donors (Lipinski definition) is 1. The molecule has 0 atom stereocenters. The first-order valence-corrected chi connectivity index (χ1v) is 9.37. The van der Waals surface area contributed by atoms with Gasteiger partial charge in [-0.15, -0.1) is 0 Å². The third kappa shape index (κ3) is 4.13. The van der Waals surface area contributed by atoms with Crippen molar-refractivity contribution in [3.63, 3.8) is 0 Å². The Balaban J connectivity index is 1.41. The maximum absolute atomic E-state index is 12.4. The SMILES string of the molecule is Cc1cccc(-c2nc(CC(=O)Nc3ccc(N4CCOC4=O)cc3)c(C)o2)c1. The molecule has 0 radical (unpaired) electrons. The standard InChI is InChI=1S/C22H21N3O4/c1-14-4-3-5-16(12-14)21-24-19(15(2)29-21)13-20(26)23-17-6-8-18(9-7-17)25-10-11-28-22(25)27/h3-9,12H,10-11,13H2,1-2H3,(H,23,26). The van der Waals surface area contributed by atoms with Gasteiger partial charge >= 0.3 is 6.09 Å². The second kappa shape index (κ2) is 7.79. The zero-order chi connectivity index (χ0) is 20.4. The minimum absolute atomic E-state index is 0.112. The van der Waals surface area contributed by atoms with Crippen LogP contribution in [0.4, 0.5) is 16.2 Å². The fourth-order valence-corrected chi connectivity index (χ4v) is 3.20. The lowest BCUT2D eigenvalue weighted by Gasteiger charge is -2.13. The molecule has 0 saturated carbocycles. The number of aryl methyl sites for hydroxylation is 2. The Morgan fingerprint density at radius 1 is 1.17 bits per heavy atom. The van der Waals surface area contributed by atoms with E-state index in [4.69, 9.17) is 9.15 Å². The van der Waals surface area contributed by atoms with Gasteiger partial charge in [0.15, 0.2) is 0 Å². The molecule has 3 aromatic rings. The van der Waals surface area contributed by atoms with Gasteiger partial charge in [-0.05, 0) is 50.2 Å². The number of amides is 2. The van der Waals surface area contributed by atoms with Crippen LogP contribution in [0, 0.1) is 13.8 Å². The van der Waals surface area contributed by atoms with E-state index >= 15 is 0 Å². The largest absolute Gasteiger partial charge is 0.447 e. The summed E-state index contributed by atoms with van der Waals surface area (Å²) in [5, 5.41) is 2.85. The first-order valence-electron chi connectivity index (χ1n) is 9.37. The average molecular weight is 391 g/mol. The summed E-state index contributed by atoms with van der Waals surface area (Å²) >= 11 is 0. The number of nitrogens with one attached hydrogen (secondary N) is 1. The molecule has 2 heterocycles. The average Bonchev–Trinajstić information content (AvgIpc) is 3.28. The van der Waals surface area contributed by atoms with Crippen LogP contribution in [0.25, 0.3) is 11.5 Å². The molecule has 4 rings (SSSR count). The van der Waals surface area contributed by atoms with E-state index in [2.05, 4.69) is 10.3 Å². The molecule has 7 nitrogen and oxygen atoms in total. The number of oxazole rings is 1. The van der Waals surface area contributed by atoms with Gasteiger partial charge < -0.3 is 14.5 Å². The Bertz CT molecular complexity index is 1060. The Morgan fingerprint density at radius 2 is 1.97 bits per heavy atom. The smallest absolute Gasteiger partial charge is 0.414 e. The highest BCUT2D eigenvalue weighted by molar-refractivity contribution is 5.93. The Hall–Kier alpha value is -3.61. The monoisotopic (exact) mass is 391 g/mol. The summed E-state index contributed by atoms with van der Waals surface area (Å²) in [4.78, 5) is 30.1. The lowest BCUT2D eigenvalue weighted by molar-refractivity contribution is -0.115. The summed E-state index contributed by atoms with van der Waals surface area (Å²) in [5.41, 5.74) is 3.99. The predicted molar refractivity (Wildman–Crippen MR) is 109 cm³/mol. The van der Waals surface area contributed by atoms with E-state index in [9.17, 15) is 9.59 Å². The first kappa shape index (κ1) is 18.7. The maximum Gasteiger partial charge on any atom is 0.414 e. The summed E-state index contributed by atoms with van der Waals surface area (Å²) in [6.07, 6.45) is -0.242. The molecule has 0 bridgehead atoms. The van der Waals surface area contributed by atoms with Crippen LogP contribution in [-0.4, -0.2) is 30.1 Å². The second-order valence-electron chi connectivity index (χ2n) is 6.93. The molecule has 1 fully saturated rings. The van der Waals surface area contributed by atoms with E-state index in [0.717, 1.165) is 16.8 Å². The molecule has 0 unspecified atom stereocenters. The van der Waals surface area contributed by atoms with Crippen LogP contribution in [0.15, 0.2) is 52.9 Å². The van der Waals surface area contributed by atoms with Crippen LogP contribution < -0.4 is 10.2 Å². The summed E-state index contributed by atoms with van der Waals surface area (Å²) < 4.78 is 10.7. The lowest BCUT2D eigenvalue weighted by atomic mass is 10.1. The van der Waals surface area contributed by atoms with Gasteiger partial charge in [0.2, 0.25) is 11.8 Å². The highest BCUT2D eigenvalue weighted by Gasteiger charge is 2.23. The predicted octanol–water partition coefficient (Wildman–Crippen LogP) is 4.10. The molecule has 29 heavy (non-hydrogen) atoms. The Kier molecular flexibility index (Phi) is 5.03. The van der Waals surface area contributed by atoms with Crippen LogP contribution in [0.3, 0.4) is 0 Å². The van der Waals surface area contributed by atoms with Crippen LogP contribution in [-0.2, 0) is 16.0 Å². The Morgan fingerprint density at radius 3 is 2.66 bits per heavy atom. The minimum atomic E-state index is -0.354. The van der Waals surface area contributed by atoms with Gasteiger partial charge in [-0.1, -0.05) is 17.7 Å². The number of benzene rings is 2. The summed E-state index contributed by atoms with van der Waals surface area (Å²) in [6, 6.07) is 14.9. The molecule has 2 aromatic carbocycles. The number of hydrogen-bond acceptors (Lipinski definition) is 5. The number of rotatable bonds is 5. The fourth-order valence-electron chi connectivity index (χ4n) is 3.20. The van der Waals surface area contributed by atoms with Crippen molar-refractivity contribution in [2.75, 3.05) is 23.4 Å². The van der Waals surface area contributed by atoms with E-state index in [-0.39, 0.29) is 18.4 Å². The molecule has 2 amide bonds. The molecule has 0 aliphatic carbocycles. The molecular formula is C22H21N3O4. The first-order chi connectivity index (χ1) is 14.0. The fraction of sp³-hybridized carbons (Fsp3) is 0.227. The quantitative estimate of drug-likeness (QED) is 0.708. The van der Waals surface area contributed by atoms with Gasteiger partial charge in [-0.2, -0.15) is 0 Å². The lowest BCUT2D eigenvalue weighted by Crippen LogP contribution is -2.23. The minimum Gasteiger partial charge on any atom is -0.447 e. The maximum atomic E-state index is 12.4. The molecule has 1 aliphatic rings. The second-order valence-corrected chi connectivity index (χ2v) is 6.93. The number of nitrogens with zero attached hydrogens (tertiary/aromatic N) is 2. The highest BCUT2D eigenvalue weighted by atomic mass is 16.6. The molecule has 1 aliphatic heterocycles. The molecule has 148 valence electrons. The van der Waals surface area contributed by atoms with E-state index in [1.807, 2.05) is 31.2 Å². The zero-order valence-electron chi connectivity index (χ0n) is 16.3. The number of carbonyl (C=O) groups is 2. The van der Waals surface area contributed by atoms with Gasteiger partial charge in [-0.3, -0.25) is 9.69 Å². The van der Waals surface area contributed by atoms with Gasteiger partial charge in [0.25, 0.3) is 0 Å². The van der Waals surface area contributed by atoms with Crippen molar-refractivity contribution in [3.05, 3.63) is 65.5 Å². The van der Waals surface area contributed by atoms with Gasteiger partial charge in [0, 0.05) is 16.9 Å². The van der Waals surface area contributed by atoms with Crippen molar-refractivity contribution in [1.82, 2.24) is 4.98 Å². The van der Waals surface area contributed by atoms with Gasteiger partial charge in [-0.25, -0.2) is 9.78 Å². The molecule has 1 aromatic heterocycles. The van der Waals surface area contributed by atoms with E-state index in [1.54, 1.807) is 36.1 Å². The van der Waals surface area contributed by atoms with Crippen LogP contribution >= 0.6 is 0 Å². The highest BCUT2D eigenvalue weighted by Crippen LogP contribution is 2.24. The van der Waals surface area contributed by atoms with E-state index < -0.39 is 0 Å². The van der Waals surface area contributed by atoms with Crippen LogP contribution in [0.5, 0.6) is 0 Å². The number of ether oxygens (including phenoxy) is 1. The normalized spacial score (nSPS) is 13.4. The zero-order valence-corrected chi connectivity index (χ0v) is 16.3. The van der Waals surface area contributed by atoms with Gasteiger partial charge in [0.05, 0.1) is 18.7 Å². The topological polar surface area (TPSA) is 84.7 Å². The van der Waals surface area contributed by atoms with E-state index in [0.29, 0.717) is 36.2 Å². The number of cyclic esters (lactones) is 1. The third-order valence-electron chi connectivity index (χ3n) is 4.71. The van der Waals surface area contributed by atoms with Crippen molar-refractivity contribution >= 4 is 23.4 Å². The summed E-state index contributed by atoms with van der Waals surface area (Å²) in [6.45, 7) is 4.72. The van der Waals surface area contributed by atoms with Crippen molar-refractivity contribution in [1.29, 1.82) is 0 Å². The van der Waals surface area contributed by atoms with Crippen molar-refractivity contribution in [2.45, 2.75) is 20.3 Å². The van der Waals surface area contributed by atoms with Crippen LogP contribution in [0.1, 0.15) is 17.0 Å². The summed E-state index contributed by atoms with van der Waals surface area (Å²) in [5.74, 6) is 0.945.